The standard InChI is InChI=1S/C8H17NO3/c1-3-11-8(9-2)12-7-5-4-6-10/h10H,3-7H2,1-2H3. The topological polar surface area (TPSA) is 51.0 Å². The Hall–Kier alpha value is -0.770. The van der Waals surface area contributed by atoms with E-state index in [9.17, 15) is 0 Å². The lowest BCUT2D eigenvalue weighted by Gasteiger charge is -2.07. The molecule has 0 fully saturated rings. The van der Waals surface area contributed by atoms with Crippen molar-refractivity contribution >= 4 is 6.08 Å². The zero-order chi connectivity index (χ0) is 9.23. The molecule has 0 rings (SSSR count). The highest BCUT2D eigenvalue weighted by Crippen LogP contribution is 1.91. The van der Waals surface area contributed by atoms with E-state index in [4.69, 9.17) is 14.6 Å². The van der Waals surface area contributed by atoms with Crippen molar-refractivity contribution in [1.29, 1.82) is 0 Å². The van der Waals surface area contributed by atoms with E-state index in [1.165, 1.54) is 0 Å². The lowest BCUT2D eigenvalue weighted by molar-refractivity contribution is 0.164. The van der Waals surface area contributed by atoms with E-state index in [-0.39, 0.29) is 6.61 Å². The molecule has 0 aromatic carbocycles. The number of ether oxygens (including phenoxy) is 2. The van der Waals surface area contributed by atoms with Crippen LogP contribution in [-0.2, 0) is 9.47 Å². The molecule has 4 nitrogen and oxygen atoms in total. The van der Waals surface area contributed by atoms with Crippen molar-refractivity contribution in [2.75, 3.05) is 26.9 Å². The van der Waals surface area contributed by atoms with Crippen LogP contribution in [-0.4, -0.2) is 38.1 Å². The Morgan fingerprint density at radius 1 is 1.33 bits per heavy atom. The van der Waals surface area contributed by atoms with Crippen molar-refractivity contribution in [2.45, 2.75) is 19.8 Å². The monoisotopic (exact) mass is 175 g/mol. The Labute approximate surface area is 73.2 Å². The van der Waals surface area contributed by atoms with Crippen LogP contribution in [0, 0.1) is 0 Å². The molecule has 0 saturated carbocycles. The molecule has 1 N–H and O–H groups in total. The van der Waals surface area contributed by atoms with E-state index in [1.54, 1.807) is 7.05 Å². The lowest BCUT2D eigenvalue weighted by Crippen LogP contribution is -2.10. The normalized spacial score (nSPS) is 11.4. The molecule has 72 valence electrons. The molecule has 0 amide bonds. The van der Waals surface area contributed by atoms with Gasteiger partial charge in [0.1, 0.15) is 0 Å². The van der Waals surface area contributed by atoms with E-state index in [1.807, 2.05) is 6.92 Å². The average Bonchev–Trinajstić information content (AvgIpc) is 2.10. The first-order chi connectivity index (χ1) is 5.85. The van der Waals surface area contributed by atoms with Gasteiger partial charge in [-0.2, -0.15) is 0 Å². The minimum atomic E-state index is 0.205. The van der Waals surface area contributed by atoms with Gasteiger partial charge in [-0.25, -0.2) is 4.99 Å². The SMILES string of the molecule is CCOC(=NC)OCCCCO. The van der Waals surface area contributed by atoms with Gasteiger partial charge in [0.05, 0.1) is 13.2 Å². The maximum atomic E-state index is 8.48. The molecule has 0 heterocycles. The van der Waals surface area contributed by atoms with Gasteiger partial charge in [0, 0.05) is 13.7 Å². The molecule has 12 heavy (non-hydrogen) atoms. The molecule has 0 aromatic heterocycles. The van der Waals surface area contributed by atoms with Crippen LogP contribution in [0.4, 0.5) is 0 Å². The number of unbranched alkanes of at least 4 members (excludes halogenated alkanes) is 1. The second kappa shape index (κ2) is 8.33. The van der Waals surface area contributed by atoms with Gasteiger partial charge in [-0.3, -0.25) is 0 Å². The van der Waals surface area contributed by atoms with Crippen LogP contribution >= 0.6 is 0 Å². The molecule has 0 aliphatic heterocycles. The number of aliphatic imine (C=N–C) groups is 1. The Bertz CT molecular complexity index is 125. The summed E-state index contributed by atoms with van der Waals surface area (Å²) in [4.78, 5) is 3.79. The fourth-order valence-electron chi connectivity index (χ4n) is 0.668. The van der Waals surface area contributed by atoms with Gasteiger partial charge in [0.15, 0.2) is 0 Å². The van der Waals surface area contributed by atoms with Crippen LogP contribution < -0.4 is 0 Å². The number of nitrogens with zero attached hydrogens (tertiary/aromatic N) is 1. The molecule has 0 aromatic rings. The summed E-state index contributed by atoms with van der Waals surface area (Å²) >= 11 is 0. The van der Waals surface area contributed by atoms with Gasteiger partial charge in [0.2, 0.25) is 0 Å². The summed E-state index contributed by atoms with van der Waals surface area (Å²) in [5.74, 6) is 0. The molecule has 0 atom stereocenters. The Balaban J connectivity index is 3.33. The summed E-state index contributed by atoms with van der Waals surface area (Å²) in [5, 5.41) is 8.48. The van der Waals surface area contributed by atoms with E-state index in [0.29, 0.717) is 19.3 Å². The van der Waals surface area contributed by atoms with Crippen molar-refractivity contribution < 1.29 is 14.6 Å². The zero-order valence-electron chi connectivity index (χ0n) is 7.75. The summed E-state index contributed by atoms with van der Waals surface area (Å²) in [5.41, 5.74) is 0. The maximum absolute atomic E-state index is 8.48. The van der Waals surface area contributed by atoms with Crippen LogP contribution in [0.3, 0.4) is 0 Å². The maximum Gasteiger partial charge on any atom is 0.383 e. The van der Waals surface area contributed by atoms with E-state index in [0.717, 1.165) is 12.8 Å². The third-order valence-electron chi connectivity index (χ3n) is 1.23. The van der Waals surface area contributed by atoms with Crippen molar-refractivity contribution in [3.8, 4) is 0 Å². The second-order valence-electron chi connectivity index (χ2n) is 2.20. The zero-order valence-corrected chi connectivity index (χ0v) is 7.75. The number of hydrogen-bond donors (Lipinski definition) is 1. The molecule has 0 aliphatic carbocycles. The van der Waals surface area contributed by atoms with Crippen LogP contribution in [0.2, 0.25) is 0 Å². The van der Waals surface area contributed by atoms with Crippen LogP contribution in [0.15, 0.2) is 4.99 Å². The van der Waals surface area contributed by atoms with Gasteiger partial charge in [-0.1, -0.05) is 0 Å². The van der Waals surface area contributed by atoms with Crippen LogP contribution in [0.25, 0.3) is 0 Å². The summed E-state index contributed by atoms with van der Waals surface area (Å²) < 4.78 is 10.2. The van der Waals surface area contributed by atoms with Crippen LogP contribution in [0.5, 0.6) is 0 Å². The molecular formula is C8H17NO3. The summed E-state index contributed by atoms with van der Waals surface area (Å²) in [6.07, 6.45) is 1.90. The minimum absolute atomic E-state index is 0.205. The number of hydrogen-bond acceptors (Lipinski definition) is 4. The van der Waals surface area contributed by atoms with Crippen molar-refractivity contribution in [2.24, 2.45) is 4.99 Å². The molecule has 0 aliphatic rings. The van der Waals surface area contributed by atoms with E-state index in [2.05, 4.69) is 4.99 Å². The van der Waals surface area contributed by atoms with Gasteiger partial charge in [0.25, 0.3) is 0 Å². The Morgan fingerprint density at radius 3 is 2.58 bits per heavy atom. The fourth-order valence-corrected chi connectivity index (χ4v) is 0.668. The second-order valence-corrected chi connectivity index (χ2v) is 2.20. The molecule has 0 saturated heterocycles. The van der Waals surface area contributed by atoms with E-state index >= 15 is 0 Å². The highest BCUT2D eigenvalue weighted by molar-refractivity contribution is 5.66. The number of rotatable bonds is 5. The average molecular weight is 175 g/mol. The van der Waals surface area contributed by atoms with Crippen molar-refractivity contribution in [3.05, 3.63) is 0 Å². The summed E-state index contributed by atoms with van der Waals surface area (Å²) in [6.45, 7) is 3.19. The highest BCUT2D eigenvalue weighted by Gasteiger charge is 1.97. The van der Waals surface area contributed by atoms with Crippen molar-refractivity contribution in [1.82, 2.24) is 0 Å². The largest absolute Gasteiger partial charge is 0.451 e. The minimum Gasteiger partial charge on any atom is -0.451 e. The summed E-state index contributed by atoms with van der Waals surface area (Å²) in [6, 6.07) is 0. The van der Waals surface area contributed by atoms with Gasteiger partial charge in [-0.05, 0) is 19.8 Å². The predicted octanol–water partition coefficient (Wildman–Crippen LogP) is 0.798. The quantitative estimate of drug-likeness (QED) is 0.382. The molecule has 0 bridgehead atoms. The molecule has 4 heteroatoms. The van der Waals surface area contributed by atoms with Gasteiger partial charge >= 0.3 is 6.08 Å². The first-order valence-electron chi connectivity index (χ1n) is 4.18. The van der Waals surface area contributed by atoms with Gasteiger partial charge < -0.3 is 14.6 Å². The lowest BCUT2D eigenvalue weighted by atomic mass is 10.3. The number of aliphatic hydroxyl groups excluding tert-OH is 1. The molecule has 0 unspecified atom stereocenters. The summed E-state index contributed by atoms with van der Waals surface area (Å²) in [7, 11) is 1.62. The van der Waals surface area contributed by atoms with Crippen LogP contribution in [0.1, 0.15) is 19.8 Å². The molecular weight excluding hydrogens is 158 g/mol. The Kier molecular flexibility index (Phi) is 7.79. The highest BCUT2D eigenvalue weighted by atomic mass is 16.7. The first-order valence-corrected chi connectivity index (χ1v) is 4.18. The fraction of sp³-hybridized carbons (Fsp3) is 0.875. The third kappa shape index (κ3) is 5.97. The van der Waals surface area contributed by atoms with E-state index < -0.39 is 0 Å². The predicted molar refractivity (Wildman–Crippen MR) is 47.3 cm³/mol. The molecule has 0 spiro atoms. The van der Waals surface area contributed by atoms with Gasteiger partial charge in [-0.15, -0.1) is 0 Å². The Morgan fingerprint density at radius 2 is 2.08 bits per heavy atom. The smallest absolute Gasteiger partial charge is 0.383 e. The first kappa shape index (κ1) is 11.2. The third-order valence-corrected chi connectivity index (χ3v) is 1.23. The number of aliphatic hydroxyl groups is 1. The molecule has 0 radical (unpaired) electrons. The van der Waals surface area contributed by atoms with Crippen molar-refractivity contribution in [3.63, 3.8) is 0 Å².